The summed E-state index contributed by atoms with van der Waals surface area (Å²) in [6.45, 7) is 0. The highest BCUT2D eigenvalue weighted by molar-refractivity contribution is 9.10. The Bertz CT molecular complexity index is 456. The number of anilines is 1. The van der Waals surface area contributed by atoms with Crippen molar-refractivity contribution in [2.45, 2.75) is 0 Å². The molecule has 2 nitrogen and oxygen atoms in total. The van der Waals surface area contributed by atoms with Gasteiger partial charge in [0.1, 0.15) is 11.5 Å². The van der Waals surface area contributed by atoms with Gasteiger partial charge >= 0.3 is 0 Å². The number of hydrogen-bond donors (Lipinski definition) is 1. The maximum atomic E-state index is 5.68. The van der Waals surface area contributed by atoms with Crippen LogP contribution in [-0.2, 0) is 0 Å². The fraction of sp³-hybridized carbons (Fsp3) is 0. The molecule has 0 amide bonds. The Kier molecular flexibility index (Phi) is 2.92. The molecule has 2 aromatic carbocycles. The predicted octanol–water partition coefficient (Wildman–Crippen LogP) is 3.82. The second-order valence-electron chi connectivity index (χ2n) is 3.10. The summed E-state index contributed by atoms with van der Waals surface area (Å²) in [6, 6.07) is 15.1. The van der Waals surface area contributed by atoms with Crippen molar-refractivity contribution in [3.05, 3.63) is 53.0 Å². The summed E-state index contributed by atoms with van der Waals surface area (Å²) in [7, 11) is 0. The van der Waals surface area contributed by atoms with Crippen LogP contribution in [0.1, 0.15) is 0 Å². The van der Waals surface area contributed by atoms with Gasteiger partial charge in [0.25, 0.3) is 0 Å². The van der Waals surface area contributed by atoms with Crippen LogP contribution >= 0.6 is 15.9 Å². The third kappa shape index (κ3) is 2.50. The number of halogens is 1. The molecule has 2 N–H and O–H groups in total. The van der Waals surface area contributed by atoms with E-state index in [-0.39, 0.29) is 0 Å². The molecule has 0 aliphatic rings. The van der Waals surface area contributed by atoms with E-state index in [9.17, 15) is 0 Å². The minimum Gasteiger partial charge on any atom is -0.456 e. The monoisotopic (exact) mass is 263 g/mol. The quantitative estimate of drug-likeness (QED) is 0.837. The zero-order valence-corrected chi connectivity index (χ0v) is 9.57. The average molecular weight is 264 g/mol. The van der Waals surface area contributed by atoms with Crippen molar-refractivity contribution < 1.29 is 4.74 Å². The van der Waals surface area contributed by atoms with E-state index in [1.54, 1.807) is 6.07 Å². The third-order valence-electron chi connectivity index (χ3n) is 1.93. The largest absolute Gasteiger partial charge is 0.456 e. The molecule has 0 bridgehead atoms. The van der Waals surface area contributed by atoms with E-state index in [0.29, 0.717) is 5.69 Å². The lowest BCUT2D eigenvalue weighted by molar-refractivity contribution is 0.480. The molecule has 0 saturated heterocycles. The molecule has 0 unspecified atom stereocenters. The Morgan fingerprint density at radius 1 is 1.00 bits per heavy atom. The summed E-state index contributed by atoms with van der Waals surface area (Å²) in [5, 5.41) is 0. The molecule has 2 rings (SSSR count). The SMILES string of the molecule is Nc1ccc(Br)c(Oc2ccccc2)c1. The zero-order valence-electron chi connectivity index (χ0n) is 7.98. The molecule has 2 aromatic rings. The van der Waals surface area contributed by atoms with E-state index in [4.69, 9.17) is 10.5 Å². The number of nitrogen functional groups attached to an aromatic ring is 1. The Hall–Kier alpha value is -1.48. The van der Waals surface area contributed by atoms with Crippen molar-refractivity contribution in [3.63, 3.8) is 0 Å². The summed E-state index contributed by atoms with van der Waals surface area (Å²) in [5.41, 5.74) is 6.36. The Morgan fingerprint density at radius 2 is 1.73 bits per heavy atom. The van der Waals surface area contributed by atoms with E-state index in [1.807, 2.05) is 42.5 Å². The van der Waals surface area contributed by atoms with Crippen LogP contribution in [0.15, 0.2) is 53.0 Å². The van der Waals surface area contributed by atoms with Gasteiger partial charge in [-0.3, -0.25) is 0 Å². The van der Waals surface area contributed by atoms with Gasteiger partial charge in [0, 0.05) is 11.8 Å². The van der Waals surface area contributed by atoms with Gasteiger partial charge in [-0.15, -0.1) is 0 Å². The number of para-hydroxylation sites is 1. The molecule has 0 atom stereocenters. The summed E-state index contributed by atoms with van der Waals surface area (Å²) < 4.78 is 6.55. The molecular weight excluding hydrogens is 254 g/mol. The van der Waals surface area contributed by atoms with Gasteiger partial charge in [-0.2, -0.15) is 0 Å². The summed E-state index contributed by atoms with van der Waals surface area (Å²) in [6.07, 6.45) is 0. The lowest BCUT2D eigenvalue weighted by Crippen LogP contribution is -1.88. The minimum atomic E-state index is 0.684. The fourth-order valence-electron chi connectivity index (χ4n) is 1.21. The normalized spacial score (nSPS) is 9.93. The Morgan fingerprint density at radius 3 is 2.47 bits per heavy atom. The second-order valence-corrected chi connectivity index (χ2v) is 3.96. The minimum absolute atomic E-state index is 0.684. The van der Waals surface area contributed by atoms with Crippen molar-refractivity contribution in [2.24, 2.45) is 0 Å². The molecule has 3 heteroatoms. The lowest BCUT2D eigenvalue weighted by Gasteiger charge is -2.07. The topological polar surface area (TPSA) is 35.2 Å². The van der Waals surface area contributed by atoms with Gasteiger partial charge in [0.05, 0.1) is 4.47 Å². The summed E-state index contributed by atoms with van der Waals surface area (Å²) in [4.78, 5) is 0. The van der Waals surface area contributed by atoms with Crippen molar-refractivity contribution in [1.82, 2.24) is 0 Å². The first kappa shape index (κ1) is 10.1. The first-order chi connectivity index (χ1) is 7.25. The summed E-state index contributed by atoms with van der Waals surface area (Å²) in [5.74, 6) is 1.52. The maximum absolute atomic E-state index is 5.68. The Balaban J connectivity index is 2.28. The molecule has 76 valence electrons. The van der Waals surface area contributed by atoms with Gasteiger partial charge in [-0.05, 0) is 40.2 Å². The van der Waals surface area contributed by atoms with Crippen molar-refractivity contribution in [2.75, 3.05) is 5.73 Å². The molecule has 0 spiro atoms. The molecule has 0 fully saturated rings. The second kappa shape index (κ2) is 4.36. The van der Waals surface area contributed by atoms with Gasteiger partial charge in [-0.1, -0.05) is 18.2 Å². The van der Waals surface area contributed by atoms with Crippen molar-refractivity contribution in [3.8, 4) is 11.5 Å². The standard InChI is InChI=1S/C12H10BrNO/c13-11-7-6-9(14)8-12(11)15-10-4-2-1-3-5-10/h1-8H,14H2. The van der Waals surface area contributed by atoms with Crippen LogP contribution in [0.3, 0.4) is 0 Å². The molecule has 15 heavy (non-hydrogen) atoms. The van der Waals surface area contributed by atoms with Crippen LogP contribution in [0, 0.1) is 0 Å². The van der Waals surface area contributed by atoms with Crippen molar-refractivity contribution >= 4 is 21.6 Å². The van der Waals surface area contributed by atoms with Crippen molar-refractivity contribution in [1.29, 1.82) is 0 Å². The highest BCUT2D eigenvalue weighted by Gasteiger charge is 2.02. The molecular formula is C12H10BrNO. The first-order valence-corrected chi connectivity index (χ1v) is 5.33. The molecule has 0 aliphatic carbocycles. The smallest absolute Gasteiger partial charge is 0.143 e. The third-order valence-corrected chi connectivity index (χ3v) is 2.58. The highest BCUT2D eigenvalue weighted by Crippen LogP contribution is 2.31. The van der Waals surface area contributed by atoms with E-state index in [0.717, 1.165) is 16.0 Å². The number of nitrogens with two attached hydrogens (primary N) is 1. The van der Waals surface area contributed by atoms with Crippen LogP contribution in [0.5, 0.6) is 11.5 Å². The van der Waals surface area contributed by atoms with Crippen LogP contribution in [0.2, 0.25) is 0 Å². The van der Waals surface area contributed by atoms with E-state index < -0.39 is 0 Å². The van der Waals surface area contributed by atoms with Crippen LogP contribution < -0.4 is 10.5 Å². The van der Waals surface area contributed by atoms with E-state index in [1.165, 1.54) is 0 Å². The predicted molar refractivity (Wildman–Crippen MR) is 65.1 cm³/mol. The number of benzene rings is 2. The molecule has 0 aliphatic heterocycles. The number of ether oxygens (including phenoxy) is 1. The lowest BCUT2D eigenvalue weighted by atomic mass is 10.3. The average Bonchev–Trinajstić information content (AvgIpc) is 2.25. The molecule has 0 aromatic heterocycles. The van der Waals surface area contributed by atoms with E-state index >= 15 is 0 Å². The zero-order chi connectivity index (χ0) is 10.7. The molecule has 0 radical (unpaired) electrons. The number of rotatable bonds is 2. The highest BCUT2D eigenvalue weighted by atomic mass is 79.9. The van der Waals surface area contributed by atoms with Crippen LogP contribution in [0.4, 0.5) is 5.69 Å². The first-order valence-electron chi connectivity index (χ1n) is 4.53. The number of hydrogen-bond acceptors (Lipinski definition) is 2. The maximum Gasteiger partial charge on any atom is 0.143 e. The van der Waals surface area contributed by atoms with E-state index in [2.05, 4.69) is 15.9 Å². The molecule has 0 saturated carbocycles. The van der Waals surface area contributed by atoms with Crippen LogP contribution in [-0.4, -0.2) is 0 Å². The van der Waals surface area contributed by atoms with Gasteiger partial charge in [0.2, 0.25) is 0 Å². The summed E-state index contributed by atoms with van der Waals surface area (Å²) >= 11 is 3.41. The Labute approximate surface area is 96.8 Å². The molecule has 0 heterocycles. The van der Waals surface area contributed by atoms with Gasteiger partial charge in [-0.25, -0.2) is 0 Å². The van der Waals surface area contributed by atoms with Crippen LogP contribution in [0.25, 0.3) is 0 Å². The van der Waals surface area contributed by atoms with Gasteiger partial charge < -0.3 is 10.5 Å². The fourth-order valence-corrected chi connectivity index (χ4v) is 1.54. The van der Waals surface area contributed by atoms with Gasteiger partial charge in [0.15, 0.2) is 0 Å².